The van der Waals surface area contributed by atoms with Crippen LogP contribution < -0.4 is 5.56 Å². The highest BCUT2D eigenvalue weighted by Crippen LogP contribution is 2.30. The minimum absolute atomic E-state index is 0.00641. The summed E-state index contributed by atoms with van der Waals surface area (Å²) < 4.78 is 1.57. The number of aromatic nitrogens is 2. The molecule has 1 heterocycles. The van der Waals surface area contributed by atoms with Crippen molar-refractivity contribution in [2.75, 3.05) is 6.26 Å². The van der Waals surface area contributed by atoms with Gasteiger partial charge in [0.1, 0.15) is 0 Å². The fourth-order valence-corrected chi connectivity index (χ4v) is 4.25. The molecule has 0 saturated carbocycles. The second-order valence-electron chi connectivity index (χ2n) is 8.17. The highest BCUT2D eigenvalue weighted by Gasteiger charge is 2.20. The molecule has 0 bridgehead atoms. The van der Waals surface area contributed by atoms with E-state index in [-0.39, 0.29) is 16.5 Å². The second kappa shape index (κ2) is 7.58. The summed E-state index contributed by atoms with van der Waals surface area (Å²) in [5, 5.41) is 4.39. The van der Waals surface area contributed by atoms with E-state index in [0.717, 1.165) is 15.5 Å². The minimum Gasteiger partial charge on any atom is -0.266 e. The van der Waals surface area contributed by atoms with Crippen molar-refractivity contribution in [1.29, 1.82) is 0 Å². The maximum atomic E-state index is 12.7. The lowest BCUT2D eigenvalue weighted by Crippen LogP contribution is -2.36. The third-order valence-electron chi connectivity index (χ3n) is 3.95. The fraction of sp³-hybridized carbons (Fsp3) is 0.500. The molecule has 1 aromatic heterocycles. The molecule has 0 aliphatic carbocycles. The van der Waals surface area contributed by atoms with Gasteiger partial charge >= 0.3 is 0 Å². The standard InChI is InChI=1S/C20H28N2OS2/c1-19(2,3)15-10-8-14(9-11-15)13-25-16-12-21-22(20(4,5)6)18(23)17(16)24-7/h8-12H,13H2,1-7H3. The van der Waals surface area contributed by atoms with Crippen LogP contribution in [0.1, 0.15) is 52.7 Å². The van der Waals surface area contributed by atoms with Crippen LogP contribution in [0.4, 0.5) is 0 Å². The molecule has 5 heteroatoms. The lowest BCUT2D eigenvalue weighted by molar-refractivity contribution is 0.331. The summed E-state index contributed by atoms with van der Waals surface area (Å²) in [6, 6.07) is 8.74. The summed E-state index contributed by atoms with van der Waals surface area (Å²) in [5.41, 5.74) is 2.44. The Kier molecular flexibility index (Phi) is 6.10. The summed E-state index contributed by atoms with van der Waals surface area (Å²) >= 11 is 3.17. The van der Waals surface area contributed by atoms with Gasteiger partial charge in [-0.3, -0.25) is 4.79 Å². The minimum atomic E-state index is -0.312. The van der Waals surface area contributed by atoms with Gasteiger partial charge in [-0.15, -0.1) is 23.5 Å². The average molecular weight is 377 g/mol. The Hall–Kier alpha value is -1.20. The molecule has 0 radical (unpaired) electrons. The molecule has 1 aromatic carbocycles. The Morgan fingerprint density at radius 1 is 1.04 bits per heavy atom. The van der Waals surface area contributed by atoms with Crippen LogP contribution in [0, 0.1) is 0 Å². The monoisotopic (exact) mass is 376 g/mol. The zero-order chi connectivity index (χ0) is 18.8. The predicted molar refractivity (Wildman–Crippen MR) is 110 cm³/mol. The third kappa shape index (κ3) is 4.91. The molecule has 0 amide bonds. The first-order chi connectivity index (χ1) is 11.5. The number of benzene rings is 1. The van der Waals surface area contributed by atoms with Gasteiger partial charge in [0.25, 0.3) is 5.56 Å². The van der Waals surface area contributed by atoms with Crippen LogP contribution in [0.2, 0.25) is 0 Å². The zero-order valence-corrected chi connectivity index (χ0v) is 17.8. The van der Waals surface area contributed by atoms with E-state index in [1.165, 1.54) is 22.9 Å². The SMILES string of the molecule is CSc1c(SCc2ccc(C(C)(C)C)cc2)cnn(C(C)(C)C)c1=O. The van der Waals surface area contributed by atoms with E-state index in [1.54, 1.807) is 16.4 Å². The lowest BCUT2D eigenvalue weighted by Gasteiger charge is -2.22. The second-order valence-corrected chi connectivity index (χ2v) is 10.00. The van der Waals surface area contributed by atoms with E-state index >= 15 is 0 Å². The number of rotatable bonds is 4. The average Bonchev–Trinajstić information content (AvgIpc) is 2.51. The lowest BCUT2D eigenvalue weighted by atomic mass is 9.87. The Labute approximate surface area is 159 Å². The first-order valence-electron chi connectivity index (χ1n) is 8.43. The molecule has 0 aliphatic rings. The number of hydrogen-bond acceptors (Lipinski definition) is 4. The van der Waals surface area contributed by atoms with Crippen molar-refractivity contribution in [2.45, 2.75) is 68.0 Å². The summed E-state index contributed by atoms with van der Waals surface area (Å²) in [6.07, 6.45) is 3.78. The van der Waals surface area contributed by atoms with Gasteiger partial charge in [-0.05, 0) is 43.6 Å². The van der Waals surface area contributed by atoms with Crippen molar-refractivity contribution in [3.05, 3.63) is 51.9 Å². The van der Waals surface area contributed by atoms with Crippen LogP contribution in [-0.2, 0) is 16.7 Å². The van der Waals surface area contributed by atoms with Crippen LogP contribution in [-0.4, -0.2) is 16.0 Å². The first kappa shape index (κ1) is 20.1. The Bertz CT molecular complexity index is 781. The van der Waals surface area contributed by atoms with Crippen LogP contribution in [0.5, 0.6) is 0 Å². The fourth-order valence-electron chi connectivity index (χ4n) is 2.45. The Morgan fingerprint density at radius 3 is 2.12 bits per heavy atom. The summed E-state index contributed by atoms with van der Waals surface area (Å²) in [6.45, 7) is 12.6. The molecule has 2 rings (SSSR count). The van der Waals surface area contributed by atoms with Crippen molar-refractivity contribution in [3.8, 4) is 0 Å². The van der Waals surface area contributed by atoms with Crippen LogP contribution in [0.25, 0.3) is 0 Å². The predicted octanol–water partition coefficient (Wildman–Crippen LogP) is 5.31. The first-order valence-corrected chi connectivity index (χ1v) is 10.6. The quantitative estimate of drug-likeness (QED) is 0.677. The molecule has 0 atom stereocenters. The smallest absolute Gasteiger partial charge is 0.266 e. The third-order valence-corrected chi connectivity index (χ3v) is 5.98. The highest BCUT2D eigenvalue weighted by atomic mass is 32.2. The number of thioether (sulfide) groups is 2. The van der Waals surface area contributed by atoms with Gasteiger partial charge in [0.2, 0.25) is 0 Å². The maximum Gasteiger partial charge on any atom is 0.282 e. The molecule has 0 aliphatic heterocycles. The van der Waals surface area contributed by atoms with Crippen molar-refractivity contribution in [3.63, 3.8) is 0 Å². The van der Waals surface area contributed by atoms with Gasteiger partial charge in [-0.25, -0.2) is 4.68 Å². The van der Waals surface area contributed by atoms with E-state index < -0.39 is 0 Å². The zero-order valence-electron chi connectivity index (χ0n) is 16.2. The molecule has 136 valence electrons. The van der Waals surface area contributed by atoms with Crippen molar-refractivity contribution < 1.29 is 0 Å². The number of nitrogens with zero attached hydrogens (tertiary/aromatic N) is 2. The molecule has 0 saturated heterocycles. The van der Waals surface area contributed by atoms with Gasteiger partial charge in [0.05, 0.1) is 16.6 Å². The highest BCUT2D eigenvalue weighted by molar-refractivity contribution is 8.01. The molecule has 2 aromatic rings. The van der Waals surface area contributed by atoms with Gasteiger partial charge in [0, 0.05) is 10.6 Å². The van der Waals surface area contributed by atoms with Crippen molar-refractivity contribution in [2.24, 2.45) is 0 Å². The molecule has 25 heavy (non-hydrogen) atoms. The van der Waals surface area contributed by atoms with E-state index in [2.05, 4.69) is 50.1 Å². The molecule has 3 nitrogen and oxygen atoms in total. The van der Waals surface area contributed by atoms with Crippen LogP contribution in [0.15, 0.2) is 45.0 Å². The summed E-state index contributed by atoms with van der Waals surface area (Å²) in [4.78, 5) is 14.4. The van der Waals surface area contributed by atoms with E-state index in [1.807, 2.05) is 33.2 Å². The molecule has 0 unspecified atom stereocenters. The Morgan fingerprint density at radius 2 is 1.64 bits per heavy atom. The molecular formula is C20H28N2OS2. The van der Waals surface area contributed by atoms with Gasteiger partial charge in [-0.2, -0.15) is 5.10 Å². The van der Waals surface area contributed by atoms with Gasteiger partial charge in [0.15, 0.2) is 0 Å². The maximum absolute atomic E-state index is 12.7. The van der Waals surface area contributed by atoms with Crippen molar-refractivity contribution in [1.82, 2.24) is 9.78 Å². The number of hydrogen-bond donors (Lipinski definition) is 0. The van der Waals surface area contributed by atoms with E-state index in [4.69, 9.17) is 0 Å². The topological polar surface area (TPSA) is 34.9 Å². The summed E-state index contributed by atoms with van der Waals surface area (Å²) in [7, 11) is 0. The molecule has 0 fully saturated rings. The molecule has 0 N–H and O–H groups in total. The summed E-state index contributed by atoms with van der Waals surface area (Å²) in [5.74, 6) is 0.832. The van der Waals surface area contributed by atoms with E-state index in [0.29, 0.717) is 0 Å². The normalized spacial score (nSPS) is 12.4. The molecule has 0 spiro atoms. The molecular weight excluding hydrogens is 348 g/mol. The van der Waals surface area contributed by atoms with Crippen LogP contribution in [0.3, 0.4) is 0 Å². The van der Waals surface area contributed by atoms with Gasteiger partial charge in [-0.1, -0.05) is 45.0 Å². The Balaban J connectivity index is 2.21. The van der Waals surface area contributed by atoms with Crippen LogP contribution >= 0.6 is 23.5 Å². The van der Waals surface area contributed by atoms with E-state index in [9.17, 15) is 4.79 Å². The van der Waals surface area contributed by atoms with Gasteiger partial charge < -0.3 is 0 Å². The largest absolute Gasteiger partial charge is 0.282 e. The van der Waals surface area contributed by atoms with Crippen molar-refractivity contribution >= 4 is 23.5 Å².